The number of rotatable bonds is 4. The van der Waals surface area contributed by atoms with Crippen LogP contribution in [0.2, 0.25) is 0 Å². The summed E-state index contributed by atoms with van der Waals surface area (Å²) in [6.07, 6.45) is 3.38. The molecule has 0 bridgehead atoms. The fourth-order valence-electron chi connectivity index (χ4n) is 2.63. The summed E-state index contributed by atoms with van der Waals surface area (Å²) in [5.41, 5.74) is 1.70. The van der Waals surface area contributed by atoms with Crippen molar-refractivity contribution in [1.29, 1.82) is 0 Å². The van der Waals surface area contributed by atoms with Crippen LogP contribution in [0.1, 0.15) is 32.2 Å². The molecule has 2 aromatic rings. The molecule has 8 nitrogen and oxygen atoms in total. The first-order valence-corrected chi connectivity index (χ1v) is 9.01. The lowest BCUT2D eigenvalue weighted by Crippen LogP contribution is -2.35. The van der Waals surface area contributed by atoms with Gasteiger partial charge in [-0.25, -0.2) is 4.79 Å². The topological polar surface area (TPSA) is 97.3 Å². The van der Waals surface area contributed by atoms with Gasteiger partial charge in [0.05, 0.1) is 18.7 Å². The molecule has 0 aliphatic carbocycles. The van der Waals surface area contributed by atoms with E-state index in [9.17, 15) is 9.59 Å². The number of nitrogens with zero attached hydrogens (tertiary/aromatic N) is 4. The summed E-state index contributed by atoms with van der Waals surface area (Å²) in [5, 5.41) is 10.9. The number of carbonyl (C=O) groups is 2. The van der Waals surface area contributed by atoms with Gasteiger partial charge >= 0.3 is 6.09 Å². The Morgan fingerprint density at radius 1 is 1.18 bits per heavy atom. The number of hydrogen-bond donors (Lipinski definition) is 1. The fraction of sp³-hybridized carbons (Fsp3) is 0.350. The highest BCUT2D eigenvalue weighted by atomic mass is 16.6. The zero-order valence-electron chi connectivity index (χ0n) is 16.2. The quantitative estimate of drug-likeness (QED) is 0.874. The zero-order chi connectivity index (χ0) is 20.1. The van der Waals surface area contributed by atoms with Gasteiger partial charge in [0.1, 0.15) is 5.60 Å². The third kappa shape index (κ3) is 5.35. The maximum Gasteiger partial charge on any atom is 0.410 e. The highest BCUT2D eigenvalue weighted by molar-refractivity contribution is 5.91. The molecule has 1 aliphatic heterocycles. The fourth-order valence-corrected chi connectivity index (χ4v) is 2.63. The molecule has 0 fully saturated rings. The van der Waals surface area contributed by atoms with Crippen molar-refractivity contribution < 1.29 is 14.3 Å². The zero-order valence-corrected chi connectivity index (χ0v) is 16.2. The number of amides is 2. The van der Waals surface area contributed by atoms with E-state index in [4.69, 9.17) is 4.74 Å². The lowest BCUT2D eigenvalue weighted by molar-refractivity contribution is -0.115. The van der Waals surface area contributed by atoms with Gasteiger partial charge < -0.3 is 15.0 Å². The van der Waals surface area contributed by atoms with Crippen molar-refractivity contribution in [2.75, 3.05) is 18.4 Å². The number of carbonyl (C=O) groups excluding carboxylic acids is 2. The molecule has 0 aromatic carbocycles. The van der Waals surface area contributed by atoms with E-state index in [-0.39, 0.29) is 18.4 Å². The van der Waals surface area contributed by atoms with Crippen LogP contribution in [0, 0.1) is 0 Å². The molecule has 8 heteroatoms. The molecule has 146 valence electrons. The Morgan fingerprint density at radius 2 is 2.00 bits per heavy atom. The first kappa shape index (κ1) is 19.5. The number of pyridine rings is 1. The Labute approximate surface area is 163 Å². The smallest absolute Gasteiger partial charge is 0.410 e. The van der Waals surface area contributed by atoms with E-state index in [1.807, 2.05) is 32.9 Å². The van der Waals surface area contributed by atoms with Gasteiger partial charge in [-0.1, -0.05) is 12.1 Å². The molecular formula is C20H23N5O3. The van der Waals surface area contributed by atoms with Crippen LogP contribution in [0.25, 0.3) is 5.57 Å². The van der Waals surface area contributed by atoms with Crippen molar-refractivity contribution in [3.8, 4) is 0 Å². The first-order valence-electron chi connectivity index (χ1n) is 9.01. The molecule has 28 heavy (non-hydrogen) atoms. The molecule has 2 amide bonds. The second-order valence-corrected chi connectivity index (χ2v) is 7.44. The van der Waals surface area contributed by atoms with Gasteiger partial charge in [-0.3, -0.25) is 9.78 Å². The maximum absolute atomic E-state index is 12.1. The average Bonchev–Trinajstić information content (AvgIpc) is 3.12. The molecule has 0 atom stereocenters. The lowest BCUT2D eigenvalue weighted by Gasteiger charge is -2.24. The van der Waals surface area contributed by atoms with E-state index in [1.54, 1.807) is 35.4 Å². The lowest BCUT2D eigenvalue weighted by atomic mass is 10.2. The number of anilines is 1. The third-order valence-electron chi connectivity index (χ3n) is 3.90. The summed E-state index contributed by atoms with van der Waals surface area (Å²) in [5.74, 6) is 0.157. The number of aromatic nitrogens is 3. The second-order valence-electron chi connectivity index (χ2n) is 7.44. The summed E-state index contributed by atoms with van der Waals surface area (Å²) in [4.78, 5) is 29.9. The van der Waals surface area contributed by atoms with Crippen LogP contribution in [0.4, 0.5) is 10.6 Å². The van der Waals surface area contributed by atoms with Gasteiger partial charge in [-0.2, -0.15) is 0 Å². The van der Waals surface area contributed by atoms with Gasteiger partial charge in [0.2, 0.25) is 5.91 Å². The molecule has 0 radical (unpaired) electrons. The van der Waals surface area contributed by atoms with E-state index in [0.717, 1.165) is 5.57 Å². The predicted molar refractivity (Wildman–Crippen MR) is 104 cm³/mol. The van der Waals surface area contributed by atoms with E-state index in [0.29, 0.717) is 30.3 Å². The van der Waals surface area contributed by atoms with E-state index in [1.165, 1.54) is 0 Å². The standard InChI is InChI=1S/C20H23N5O3/c1-20(2,3)28-19(27)25-11-9-14(13-25)16-7-8-17(24-23-16)22-18(26)12-15-6-4-5-10-21-15/h4-10H,11-13H2,1-3H3,(H,22,24,26). The second kappa shape index (κ2) is 8.16. The maximum atomic E-state index is 12.1. The first-order chi connectivity index (χ1) is 13.3. The minimum Gasteiger partial charge on any atom is -0.444 e. The molecular weight excluding hydrogens is 358 g/mol. The van der Waals surface area contributed by atoms with Gasteiger partial charge in [0.25, 0.3) is 0 Å². The minimum absolute atomic E-state index is 0.167. The van der Waals surface area contributed by atoms with E-state index < -0.39 is 5.60 Å². The van der Waals surface area contributed by atoms with Crippen molar-refractivity contribution in [3.05, 3.63) is 54.0 Å². The van der Waals surface area contributed by atoms with Crippen LogP contribution in [0.3, 0.4) is 0 Å². The molecule has 3 rings (SSSR count). The van der Waals surface area contributed by atoms with Crippen molar-refractivity contribution >= 4 is 23.4 Å². The molecule has 0 saturated heterocycles. The van der Waals surface area contributed by atoms with Crippen LogP contribution in [-0.2, 0) is 16.0 Å². The van der Waals surface area contributed by atoms with Crippen molar-refractivity contribution in [2.45, 2.75) is 32.8 Å². The number of hydrogen-bond acceptors (Lipinski definition) is 6. The minimum atomic E-state index is -0.533. The Hall–Kier alpha value is -3.29. The van der Waals surface area contributed by atoms with E-state index >= 15 is 0 Å². The monoisotopic (exact) mass is 381 g/mol. The highest BCUT2D eigenvalue weighted by Gasteiger charge is 2.26. The summed E-state index contributed by atoms with van der Waals surface area (Å²) < 4.78 is 5.38. The summed E-state index contributed by atoms with van der Waals surface area (Å²) in [7, 11) is 0. The van der Waals surface area contributed by atoms with Crippen LogP contribution in [-0.4, -0.2) is 50.8 Å². The largest absolute Gasteiger partial charge is 0.444 e. The average molecular weight is 381 g/mol. The third-order valence-corrected chi connectivity index (χ3v) is 3.90. The molecule has 0 spiro atoms. The van der Waals surface area contributed by atoms with Crippen LogP contribution in [0.15, 0.2) is 42.6 Å². The van der Waals surface area contributed by atoms with Crippen molar-refractivity contribution in [2.24, 2.45) is 0 Å². The molecule has 1 aliphatic rings. The van der Waals surface area contributed by atoms with Crippen molar-refractivity contribution in [3.63, 3.8) is 0 Å². The van der Waals surface area contributed by atoms with Crippen molar-refractivity contribution in [1.82, 2.24) is 20.1 Å². The van der Waals surface area contributed by atoms with Gasteiger partial charge in [-0.05, 0) is 50.6 Å². The molecule has 0 saturated carbocycles. The van der Waals surface area contributed by atoms with E-state index in [2.05, 4.69) is 20.5 Å². The molecule has 1 N–H and O–H groups in total. The summed E-state index contributed by atoms with van der Waals surface area (Å²) in [6, 6.07) is 8.88. The normalized spacial score (nSPS) is 13.8. The van der Waals surface area contributed by atoms with Crippen LogP contribution >= 0.6 is 0 Å². The molecule has 0 unspecified atom stereocenters. The Morgan fingerprint density at radius 3 is 2.64 bits per heavy atom. The molecule has 3 heterocycles. The van der Waals surface area contributed by atoms with Crippen LogP contribution < -0.4 is 5.32 Å². The van der Waals surface area contributed by atoms with Gasteiger partial charge in [-0.15, -0.1) is 10.2 Å². The molecule has 2 aromatic heterocycles. The van der Waals surface area contributed by atoms with Gasteiger partial charge in [0.15, 0.2) is 5.82 Å². The Kier molecular flexibility index (Phi) is 5.67. The number of nitrogens with one attached hydrogen (secondary N) is 1. The van der Waals surface area contributed by atoms with Crippen LogP contribution in [0.5, 0.6) is 0 Å². The Bertz CT molecular complexity index is 873. The summed E-state index contributed by atoms with van der Waals surface area (Å²) >= 11 is 0. The highest BCUT2D eigenvalue weighted by Crippen LogP contribution is 2.21. The summed E-state index contributed by atoms with van der Waals surface area (Å²) in [6.45, 7) is 6.38. The SMILES string of the molecule is CC(C)(C)OC(=O)N1CC=C(c2ccc(NC(=O)Cc3ccccn3)nn2)C1. The van der Waals surface area contributed by atoms with Gasteiger partial charge in [0, 0.05) is 18.4 Å². The Balaban J connectivity index is 1.55. The number of ether oxygens (including phenoxy) is 1. The predicted octanol–water partition coefficient (Wildman–Crippen LogP) is 2.69.